The first-order valence-corrected chi connectivity index (χ1v) is 9.74. The topological polar surface area (TPSA) is 55.8 Å². The molecule has 0 aliphatic carbocycles. The van der Waals surface area contributed by atoms with E-state index in [1.807, 2.05) is 45.0 Å². The van der Waals surface area contributed by atoms with Crippen molar-refractivity contribution in [1.82, 2.24) is 4.90 Å². The summed E-state index contributed by atoms with van der Waals surface area (Å²) in [5.74, 6) is 0.591. The van der Waals surface area contributed by atoms with Crippen LogP contribution in [0.2, 0.25) is 5.02 Å². The summed E-state index contributed by atoms with van der Waals surface area (Å²) in [5, 5.41) is 0.477. The summed E-state index contributed by atoms with van der Waals surface area (Å²) in [6, 6.07) is 9.22. The molecular formula is C20H24ClNO4S. The molecule has 1 amide bonds. The van der Waals surface area contributed by atoms with Crippen LogP contribution in [0.3, 0.4) is 0 Å². The Bertz CT molecular complexity index is 826. The molecule has 0 spiro atoms. The van der Waals surface area contributed by atoms with Crippen molar-refractivity contribution in [2.45, 2.75) is 33.3 Å². The van der Waals surface area contributed by atoms with Gasteiger partial charge >= 0.3 is 6.09 Å². The van der Waals surface area contributed by atoms with Crippen LogP contribution in [0.25, 0.3) is 10.4 Å². The van der Waals surface area contributed by atoms with E-state index in [2.05, 4.69) is 0 Å². The third kappa shape index (κ3) is 6.26. The minimum Gasteiger partial charge on any atom is -0.490 e. The Morgan fingerprint density at radius 1 is 1.19 bits per heavy atom. The zero-order valence-electron chi connectivity index (χ0n) is 16.2. The van der Waals surface area contributed by atoms with Crippen LogP contribution in [0.15, 0.2) is 30.3 Å². The number of Topliss-reactive ketones (excluding diaryl/α,β-unsaturated/α-hetero) is 1. The van der Waals surface area contributed by atoms with Gasteiger partial charge in [0.1, 0.15) is 18.0 Å². The Balaban J connectivity index is 1.94. The molecule has 0 saturated carbocycles. The van der Waals surface area contributed by atoms with Crippen molar-refractivity contribution >= 4 is 34.8 Å². The summed E-state index contributed by atoms with van der Waals surface area (Å²) in [6.07, 6.45) is -0.397. The number of thiophene rings is 1. The van der Waals surface area contributed by atoms with Gasteiger partial charge in [-0.25, -0.2) is 4.79 Å². The Labute approximate surface area is 168 Å². The van der Waals surface area contributed by atoms with Gasteiger partial charge in [-0.05, 0) is 63.6 Å². The second kappa shape index (κ2) is 8.76. The SMILES string of the molecule is CC(=O)c1ccc(-c2ccc(OCCN(C)C(=O)OC(C)(C)C)c(Cl)c2)s1. The molecule has 0 unspecified atom stereocenters. The molecular weight excluding hydrogens is 386 g/mol. The largest absolute Gasteiger partial charge is 0.490 e. The van der Waals surface area contributed by atoms with E-state index >= 15 is 0 Å². The Kier molecular flexibility index (Phi) is 6.89. The van der Waals surface area contributed by atoms with Gasteiger partial charge in [0, 0.05) is 11.9 Å². The van der Waals surface area contributed by atoms with Crippen molar-refractivity contribution in [3.8, 4) is 16.2 Å². The Hall–Kier alpha value is -2.05. The first kappa shape index (κ1) is 21.3. The minimum absolute atomic E-state index is 0.0476. The number of likely N-dealkylation sites (N-methyl/N-ethyl adjacent to an activating group) is 1. The van der Waals surface area contributed by atoms with Crippen molar-refractivity contribution in [2.75, 3.05) is 20.2 Å². The first-order chi connectivity index (χ1) is 12.6. The van der Waals surface area contributed by atoms with Gasteiger partial charge < -0.3 is 14.4 Å². The standard InChI is InChI=1S/C20H24ClNO4S/c1-13(23)17-8-9-18(27-17)14-6-7-16(15(21)12-14)25-11-10-22(5)19(24)26-20(2,3)4/h6-9,12H,10-11H2,1-5H3. The number of benzene rings is 1. The summed E-state index contributed by atoms with van der Waals surface area (Å²) in [7, 11) is 1.66. The van der Waals surface area contributed by atoms with Gasteiger partial charge in [-0.15, -0.1) is 11.3 Å². The number of amides is 1. The lowest BCUT2D eigenvalue weighted by Gasteiger charge is -2.24. The molecule has 1 heterocycles. The molecule has 2 aromatic rings. The second-order valence-corrected chi connectivity index (χ2v) is 8.61. The van der Waals surface area contributed by atoms with Crippen LogP contribution < -0.4 is 4.74 Å². The van der Waals surface area contributed by atoms with Crippen molar-refractivity contribution in [1.29, 1.82) is 0 Å². The van der Waals surface area contributed by atoms with E-state index in [4.69, 9.17) is 21.1 Å². The average molecular weight is 410 g/mol. The van der Waals surface area contributed by atoms with Gasteiger partial charge in [-0.1, -0.05) is 11.6 Å². The van der Waals surface area contributed by atoms with E-state index in [0.717, 1.165) is 10.4 Å². The number of nitrogens with zero attached hydrogens (tertiary/aromatic N) is 1. The van der Waals surface area contributed by atoms with E-state index in [1.165, 1.54) is 16.2 Å². The molecule has 146 valence electrons. The molecule has 1 aromatic carbocycles. The third-order valence-corrected chi connectivity index (χ3v) is 5.09. The van der Waals surface area contributed by atoms with Crippen molar-refractivity contribution in [2.24, 2.45) is 0 Å². The van der Waals surface area contributed by atoms with E-state index < -0.39 is 11.7 Å². The summed E-state index contributed by atoms with van der Waals surface area (Å²) < 4.78 is 11.0. The summed E-state index contributed by atoms with van der Waals surface area (Å²) in [6.45, 7) is 7.69. The van der Waals surface area contributed by atoms with E-state index in [0.29, 0.717) is 28.8 Å². The van der Waals surface area contributed by atoms with Gasteiger partial charge in [0.15, 0.2) is 5.78 Å². The number of rotatable bonds is 6. The molecule has 1 aromatic heterocycles. The van der Waals surface area contributed by atoms with Gasteiger partial charge in [0.25, 0.3) is 0 Å². The Morgan fingerprint density at radius 2 is 1.89 bits per heavy atom. The molecule has 27 heavy (non-hydrogen) atoms. The van der Waals surface area contributed by atoms with Gasteiger partial charge in [0.2, 0.25) is 0 Å². The maximum Gasteiger partial charge on any atom is 0.410 e. The summed E-state index contributed by atoms with van der Waals surface area (Å²) >= 11 is 7.75. The second-order valence-electron chi connectivity index (χ2n) is 7.12. The molecule has 7 heteroatoms. The highest BCUT2D eigenvalue weighted by atomic mass is 35.5. The van der Waals surface area contributed by atoms with Crippen LogP contribution >= 0.6 is 22.9 Å². The van der Waals surface area contributed by atoms with E-state index in [9.17, 15) is 9.59 Å². The first-order valence-electron chi connectivity index (χ1n) is 8.54. The van der Waals surface area contributed by atoms with E-state index in [1.54, 1.807) is 20.0 Å². The number of ketones is 1. The molecule has 5 nitrogen and oxygen atoms in total. The van der Waals surface area contributed by atoms with Crippen LogP contribution in [0.5, 0.6) is 5.75 Å². The highest BCUT2D eigenvalue weighted by Gasteiger charge is 2.19. The van der Waals surface area contributed by atoms with Crippen LogP contribution in [0.1, 0.15) is 37.4 Å². The molecule has 0 radical (unpaired) electrons. The lowest BCUT2D eigenvalue weighted by Crippen LogP contribution is -2.36. The van der Waals surface area contributed by atoms with Gasteiger partial charge in [-0.2, -0.15) is 0 Å². The van der Waals surface area contributed by atoms with Crippen LogP contribution in [-0.2, 0) is 4.74 Å². The summed E-state index contributed by atoms with van der Waals surface area (Å²) in [5.41, 5.74) is 0.394. The highest BCUT2D eigenvalue weighted by molar-refractivity contribution is 7.17. The highest BCUT2D eigenvalue weighted by Crippen LogP contribution is 2.34. The van der Waals surface area contributed by atoms with Crippen molar-refractivity contribution < 1.29 is 19.1 Å². The molecule has 2 rings (SSSR count). The summed E-state index contributed by atoms with van der Waals surface area (Å²) in [4.78, 5) is 26.5. The monoisotopic (exact) mass is 409 g/mol. The maximum absolute atomic E-state index is 11.9. The quantitative estimate of drug-likeness (QED) is 0.589. The number of ether oxygens (including phenoxy) is 2. The number of carbonyl (C=O) groups excluding carboxylic acids is 2. The smallest absolute Gasteiger partial charge is 0.410 e. The average Bonchev–Trinajstić information content (AvgIpc) is 3.04. The predicted octanol–water partition coefficient (Wildman–Crippen LogP) is 5.52. The molecule has 0 bridgehead atoms. The van der Waals surface area contributed by atoms with Crippen LogP contribution in [0, 0.1) is 0 Å². The van der Waals surface area contributed by atoms with Crippen LogP contribution in [-0.4, -0.2) is 42.6 Å². The fourth-order valence-electron chi connectivity index (χ4n) is 2.18. The molecule has 0 aliphatic heterocycles. The molecule has 0 N–H and O–H groups in total. The zero-order valence-corrected chi connectivity index (χ0v) is 17.7. The fraction of sp³-hybridized carbons (Fsp3) is 0.400. The number of hydrogen-bond acceptors (Lipinski definition) is 5. The zero-order chi connectivity index (χ0) is 20.2. The van der Waals surface area contributed by atoms with E-state index in [-0.39, 0.29) is 5.78 Å². The maximum atomic E-state index is 11.9. The molecule has 0 saturated heterocycles. The molecule has 0 fully saturated rings. The Morgan fingerprint density at radius 3 is 2.44 bits per heavy atom. The fourth-order valence-corrected chi connectivity index (χ4v) is 3.31. The molecule has 0 aliphatic rings. The van der Waals surface area contributed by atoms with Crippen molar-refractivity contribution in [3.05, 3.63) is 40.2 Å². The van der Waals surface area contributed by atoms with Crippen molar-refractivity contribution in [3.63, 3.8) is 0 Å². The number of hydrogen-bond donors (Lipinski definition) is 0. The lowest BCUT2D eigenvalue weighted by atomic mass is 10.2. The van der Waals surface area contributed by atoms with Gasteiger partial charge in [-0.3, -0.25) is 4.79 Å². The number of halogens is 1. The number of carbonyl (C=O) groups is 2. The lowest BCUT2D eigenvalue weighted by molar-refractivity contribution is 0.0278. The third-order valence-electron chi connectivity index (χ3n) is 3.56. The normalized spacial score (nSPS) is 11.2. The predicted molar refractivity (Wildman–Crippen MR) is 109 cm³/mol. The van der Waals surface area contributed by atoms with Crippen LogP contribution in [0.4, 0.5) is 4.79 Å². The molecule has 0 atom stereocenters. The van der Waals surface area contributed by atoms with Gasteiger partial charge in [0.05, 0.1) is 16.4 Å². The minimum atomic E-state index is -0.532.